The molecule has 0 aliphatic rings. The van der Waals surface area contributed by atoms with Crippen LogP contribution in [0.4, 0.5) is 0 Å². The fourth-order valence-electron chi connectivity index (χ4n) is 1.52. The summed E-state index contributed by atoms with van der Waals surface area (Å²) in [5.41, 5.74) is 5.47. The second-order valence-corrected chi connectivity index (χ2v) is 3.81. The van der Waals surface area contributed by atoms with Gasteiger partial charge in [0.15, 0.2) is 6.17 Å². The molecule has 8 heteroatoms. The number of likely N-dealkylation sites (N-methyl/N-ethyl adjacent to an activating group) is 1. The largest absolute Gasteiger partial charge is 0.480 e. The minimum atomic E-state index is -1.12. The van der Waals surface area contributed by atoms with Gasteiger partial charge in [-0.05, 0) is 6.54 Å². The highest BCUT2D eigenvalue weighted by atomic mass is 16.4. The van der Waals surface area contributed by atoms with E-state index in [1.807, 2.05) is 0 Å². The Hall–Kier alpha value is -1.22. The number of rotatable bonds is 10. The molecule has 0 amide bonds. The molecule has 1 unspecified atom stereocenters. The molecule has 0 aliphatic carbocycles. The summed E-state index contributed by atoms with van der Waals surface area (Å²) in [4.78, 5) is 24.4. The fourth-order valence-corrected chi connectivity index (χ4v) is 1.52. The predicted molar refractivity (Wildman–Crippen MR) is 64.0 cm³/mol. The molecule has 0 spiro atoms. The van der Waals surface area contributed by atoms with Gasteiger partial charge < -0.3 is 21.1 Å². The van der Waals surface area contributed by atoms with Crippen molar-refractivity contribution in [3.63, 3.8) is 0 Å². The molecular weight excluding hydrogens is 242 g/mol. The number of hydrogen-bond acceptors (Lipinski definition) is 6. The van der Waals surface area contributed by atoms with Crippen molar-refractivity contribution in [1.82, 2.24) is 9.80 Å². The highest BCUT2D eigenvalue weighted by Gasteiger charge is 2.20. The van der Waals surface area contributed by atoms with E-state index in [4.69, 9.17) is 21.1 Å². The molecule has 0 heterocycles. The summed E-state index contributed by atoms with van der Waals surface area (Å²) in [7, 11) is 0. The van der Waals surface area contributed by atoms with Crippen molar-refractivity contribution in [3.05, 3.63) is 0 Å². The summed E-state index contributed by atoms with van der Waals surface area (Å²) in [6.07, 6.45) is -1.10. The average Bonchev–Trinajstić information content (AvgIpc) is 2.28. The van der Waals surface area contributed by atoms with Crippen LogP contribution in [-0.2, 0) is 9.59 Å². The lowest BCUT2D eigenvalue weighted by Crippen LogP contribution is -2.50. The maximum absolute atomic E-state index is 10.7. The van der Waals surface area contributed by atoms with Crippen LogP contribution in [0, 0.1) is 0 Å². The van der Waals surface area contributed by atoms with Crippen molar-refractivity contribution in [3.8, 4) is 0 Å². The minimum Gasteiger partial charge on any atom is -0.480 e. The van der Waals surface area contributed by atoms with Gasteiger partial charge in [0.25, 0.3) is 0 Å². The lowest BCUT2D eigenvalue weighted by Gasteiger charge is -2.27. The summed E-state index contributed by atoms with van der Waals surface area (Å²) >= 11 is 0. The number of carboxylic acids is 2. The second kappa shape index (κ2) is 8.81. The van der Waals surface area contributed by atoms with Gasteiger partial charge in [0.1, 0.15) is 0 Å². The maximum atomic E-state index is 10.7. The molecule has 0 radical (unpaired) electrons. The summed E-state index contributed by atoms with van der Waals surface area (Å²) < 4.78 is 0. The standard InChI is InChI=1S/C10H21N3O5/c1-2-13(9(11)10(17)18)4-3-12(5-6-14)7-8(15)16/h9,14H,2-7,11H2,1H3,(H,15,16)(H,17,18). The molecule has 0 aromatic rings. The molecule has 106 valence electrons. The van der Waals surface area contributed by atoms with E-state index in [2.05, 4.69) is 0 Å². The number of aliphatic hydroxyl groups is 1. The first-order valence-electron chi connectivity index (χ1n) is 5.69. The molecule has 18 heavy (non-hydrogen) atoms. The third-order valence-electron chi connectivity index (χ3n) is 2.53. The van der Waals surface area contributed by atoms with Crippen molar-refractivity contribution >= 4 is 11.9 Å². The Morgan fingerprint density at radius 3 is 2.22 bits per heavy atom. The molecule has 1 atom stereocenters. The van der Waals surface area contributed by atoms with Gasteiger partial charge in [0.2, 0.25) is 0 Å². The molecule has 0 rings (SSSR count). The molecule has 0 saturated heterocycles. The first-order chi connectivity index (χ1) is 8.42. The molecule has 0 aromatic carbocycles. The fraction of sp³-hybridized carbons (Fsp3) is 0.800. The van der Waals surface area contributed by atoms with Crippen LogP contribution in [0.25, 0.3) is 0 Å². The number of aliphatic carboxylic acids is 2. The van der Waals surface area contributed by atoms with Crippen LogP contribution in [0.15, 0.2) is 0 Å². The number of nitrogens with two attached hydrogens (primary N) is 1. The van der Waals surface area contributed by atoms with Crippen molar-refractivity contribution in [2.24, 2.45) is 5.73 Å². The van der Waals surface area contributed by atoms with Gasteiger partial charge in [-0.2, -0.15) is 0 Å². The summed E-state index contributed by atoms with van der Waals surface area (Å²) in [6.45, 7) is 2.78. The zero-order valence-electron chi connectivity index (χ0n) is 10.4. The lowest BCUT2D eigenvalue weighted by molar-refractivity contribution is -0.143. The Morgan fingerprint density at radius 1 is 1.22 bits per heavy atom. The van der Waals surface area contributed by atoms with Crippen LogP contribution in [-0.4, -0.2) is 82.6 Å². The Kier molecular flexibility index (Phi) is 8.21. The third-order valence-corrected chi connectivity index (χ3v) is 2.53. The van der Waals surface area contributed by atoms with E-state index in [0.29, 0.717) is 19.6 Å². The smallest absolute Gasteiger partial charge is 0.335 e. The van der Waals surface area contributed by atoms with E-state index >= 15 is 0 Å². The van der Waals surface area contributed by atoms with Crippen molar-refractivity contribution in [1.29, 1.82) is 0 Å². The van der Waals surface area contributed by atoms with Gasteiger partial charge in [-0.15, -0.1) is 0 Å². The molecule has 0 bridgehead atoms. The summed E-state index contributed by atoms with van der Waals surface area (Å²) in [5.74, 6) is -2.11. The zero-order chi connectivity index (χ0) is 14.1. The maximum Gasteiger partial charge on any atom is 0.335 e. The number of carboxylic acid groups (broad SMARTS) is 2. The van der Waals surface area contributed by atoms with E-state index in [-0.39, 0.29) is 19.7 Å². The van der Waals surface area contributed by atoms with Gasteiger partial charge >= 0.3 is 11.9 Å². The Morgan fingerprint density at radius 2 is 1.83 bits per heavy atom. The van der Waals surface area contributed by atoms with Crippen LogP contribution in [0.3, 0.4) is 0 Å². The van der Waals surface area contributed by atoms with Crippen molar-refractivity contribution < 1.29 is 24.9 Å². The number of hydrogen-bond donors (Lipinski definition) is 4. The van der Waals surface area contributed by atoms with Gasteiger partial charge in [-0.25, -0.2) is 4.79 Å². The van der Waals surface area contributed by atoms with E-state index in [0.717, 1.165) is 0 Å². The van der Waals surface area contributed by atoms with Crippen LogP contribution in [0.5, 0.6) is 0 Å². The van der Waals surface area contributed by atoms with E-state index in [9.17, 15) is 9.59 Å². The highest BCUT2D eigenvalue weighted by molar-refractivity contribution is 5.72. The SMILES string of the molecule is CCN(CCN(CCO)CC(=O)O)C(N)C(=O)O. The minimum absolute atomic E-state index is 0.148. The summed E-state index contributed by atoms with van der Waals surface area (Å²) in [6, 6.07) is 0. The number of nitrogens with zero attached hydrogens (tertiary/aromatic N) is 2. The zero-order valence-corrected chi connectivity index (χ0v) is 10.4. The van der Waals surface area contributed by atoms with E-state index in [1.54, 1.807) is 6.92 Å². The quantitative estimate of drug-likeness (QED) is 0.335. The topological polar surface area (TPSA) is 127 Å². The van der Waals surface area contributed by atoms with Crippen molar-refractivity contribution in [2.45, 2.75) is 13.1 Å². The molecule has 5 N–H and O–H groups in total. The van der Waals surface area contributed by atoms with Crippen LogP contribution < -0.4 is 5.73 Å². The van der Waals surface area contributed by atoms with Crippen LogP contribution in [0.2, 0.25) is 0 Å². The van der Waals surface area contributed by atoms with Crippen LogP contribution in [0.1, 0.15) is 6.92 Å². The van der Waals surface area contributed by atoms with Crippen LogP contribution >= 0.6 is 0 Å². The van der Waals surface area contributed by atoms with Gasteiger partial charge in [-0.1, -0.05) is 6.92 Å². The van der Waals surface area contributed by atoms with E-state index in [1.165, 1.54) is 9.80 Å². The lowest BCUT2D eigenvalue weighted by atomic mass is 10.3. The van der Waals surface area contributed by atoms with Crippen molar-refractivity contribution in [2.75, 3.05) is 39.3 Å². The third kappa shape index (κ3) is 6.50. The Balaban J connectivity index is 4.29. The number of carbonyl (C=O) groups is 2. The normalized spacial score (nSPS) is 12.9. The second-order valence-electron chi connectivity index (χ2n) is 3.81. The van der Waals surface area contributed by atoms with Gasteiger partial charge in [0.05, 0.1) is 13.2 Å². The molecule has 0 aliphatic heterocycles. The molecular formula is C10H21N3O5. The number of aliphatic hydroxyl groups excluding tert-OH is 1. The Labute approximate surface area is 106 Å². The molecule has 0 aromatic heterocycles. The summed E-state index contributed by atoms with van der Waals surface area (Å²) in [5, 5.41) is 26.3. The average molecular weight is 263 g/mol. The molecule has 0 fully saturated rings. The van der Waals surface area contributed by atoms with E-state index < -0.39 is 18.1 Å². The van der Waals surface area contributed by atoms with Gasteiger partial charge in [0, 0.05) is 19.6 Å². The first-order valence-corrected chi connectivity index (χ1v) is 5.69. The highest BCUT2D eigenvalue weighted by Crippen LogP contribution is 1.96. The molecule has 0 saturated carbocycles. The van der Waals surface area contributed by atoms with Gasteiger partial charge in [-0.3, -0.25) is 14.6 Å². The Bertz CT molecular complexity index is 274. The monoisotopic (exact) mass is 263 g/mol. The molecule has 8 nitrogen and oxygen atoms in total. The first kappa shape index (κ1) is 16.8. The predicted octanol–water partition coefficient (Wildman–Crippen LogP) is -1.94.